The number of nitrogens with one attached hydrogen (secondary N) is 1. The molecule has 1 aromatic heterocycles. The molecule has 146 valence electrons. The van der Waals surface area contributed by atoms with Crippen LogP contribution >= 0.6 is 11.3 Å². The van der Waals surface area contributed by atoms with E-state index in [1.807, 2.05) is 0 Å². The zero-order valence-corrected chi connectivity index (χ0v) is 15.9. The average Bonchev–Trinajstić information content (AvgIpc) is 2.95. The van der Waals surface area contributed by atoms with Crippen molar-refractivity contribution in [3.8, 4) is 10.4 Å². The molecule has 0 spiro atoms. The summed E-state index contributed by atoms with van der Waals surface area (Å²) in [6.45, 7) is 5.07. The number of ether oxygens (including phenoxy) is 2. The van der Waals surface area contributed by atoms with Crippen molar-refractivity contribution in [2.24, 2.45) is 0 Å². The Balaban J connectivity index is 2.35. The van der Waals surface area contributed by atoms with E-state index in [9.17, 15) is 22.8 Å². The number of carbonyl (C=O) groups is 2. The molecule has 0 aliphatic carbocycles. The molecule has 0 aliphatic rings. The number of hydrogen-bond donors (Lipinski definition) is 1. The topological polar surface area (TPSA) is 64.6 Å². The maximum absolute atomic E-state index is 12.7. The molecule has 0 fully saturated rings. The van der Waals surface area contributed by atoms with Crippen molar-refractivity contribution in [2.45, 2.75) is 32.5 Å². The van der Waals surface area contributed by atoms with E-state index in [1.165, 1.54) is 25.3 Å². The van der Waals surface area contributed by atoms with E-state index >= 15 is 0 Å². The average molecular weight is 401 g/mol. The van der Waals surface area contributed by atoms with Gasteiger partial charge >= 0.3 is 18.2 Å². The van der Waals surface area contributed by atoms with E-state index < -0.39 is 29.4 Å². The third kappa shape index (κ3) is 5.46. The minimum atomic E-state index is -4.44. The largest absolute Gasteiger partial charge is 0.465 e. The summed E-state index contributed by atoms with van der Waals surface area (Å²) in [5, 5.41) is 2.48. The molecular weight excluding hydrogens is 383 g/mol. The number of rotatable bonds is 3. The van der Waals surface area contributed by atoms with Crippen molar-refractivity contribution in [3.05, 3.63) is 40.8 Å². The quantitative estimate of drug-likeness (QED) is 0.683. The van der Waals surface area contributed by atoms with Gasteiger partial charge in [0.1, 0.15) is 10.5 Å². The van der Waals surface area contributed by atoms with Gasteiger partial charge in [0.25, 0.3) is 0 Å². The van der Waals surface area contributed by atoms with E-state index in [2.05, 4.69) is 5.32 Å². The van der Waals surface area contributed by atoms with E-state index in [-0.39, 0.29) is 10.6 Å². The molecule has 5 nitrogen and oxygen atoms in total. The number of amides is 1. The van der Waals surface area contributed by atoms with E-state index in [4.69, 9.17) is 9.47 Å². The van der Waals surface area contributed by atoms with E-state index in [1.54, 1.807) is 20.8 Å². The molecule has 2 aromatic rings. The maximum atomic E-state index is 12.7. The van der Waals surface area contributed by atoms with Crippen LogP contribution in [0.15, 0.2) is 30.3 Å². The monoisotopic (exact) mass is 401 g/mol. The lowest BCUT2D eigenvalue weighted by atomic mass is 10.1. The van der Waals surface area contributed by atoms with Gasteiger partial charge in [-0.05, 0) is 44.5 Å². The predicted molar refractivity (Wildman–Crippen MR) is 96.0 cm³/mol. The highest BCUT2D eigenvalue weighted by Gasteiger charge is 2.30. The molecule has 1 heterocycles. The number of carbonyl (C=O) groups excluding carboxylic acids is 2. The van der Waals surface area contributed by atoms with Crippen LogP contribution < -0.4 is 5.32 Å². The van der Waals surface area contributed by atoms with Crippen LogP contribution in [0.4, 0.5) is 23.7 Å². The lowest BCUT2D eigenvalue weighted by molar-refractivity contribution is -0.137. The molecule has 9 heteroatoms. The summed E-state index contributed by atoms with van der Waals surface area (Å²) in [7, 11) is 1.19. The molecule has 27 heavy (non-hydrogen) atoms. The van der Waals surface area contributed by atoms with Crippen molar-refractivity contribution in [3.63, 3.8) is 0 Å². The Labute approximate surface area is 158 Å². The van der Waals surface area contributed by atoms with Crippen LogP contribution in [0.2, 0.25) is 0 Å². The molecule has 0 atom stereocenters. The first kappa shape index (κ1) is 20.8. The zero-order valence-electron chi connectivity index (χ0n) is 15.1. The molecule has 0 radical (unpaired) electrons. The van der Waals surface area contributed by atoms with Gasteiger partial charge < -0.3 is 9.47 Å². The predicted octanol–water partition coefficient (Wildman–Crippen LogP) is 5.57. The number of thiophene rings is 1. The normalized spacial score (nSPS) is 11.8. The minimum Gasteiger partial charge on any atom is -0.465 e. The number of anilines is 1. The van der Waals surface area contributed by atoms with Crippen LogP contribution in [0, 0.1) is 0 Å². The molecule has 0 bridgehead atoms. The zero-order chi connectivity index (χ0) is 20.4. The minimum absolute atomic E-state index is 0.109. The van der Waals surface area contributed by atoms with E-state index in [0.717, 1.165) is 23.5 Å². The van der Waals surface area contributed by atoms with Gasteiger partial charge in [0.05, 0.1) is 18.4 Å². The maximum Gasteiger partial charge on any atom is 0.416 e. The fourth-order valence-corrected chi connectivity index (χ4v) is 3.14. The van der Waals surface area contributed by atoms with Gasteiger partial charge in [-0.1, -0.05) is 12.1 Å². The highest BCUT2D eigenvalue weighted by molar-refractivity contribution is 7.18. The van der Waals surface area contributed by atoms with Crippen LogP contribution in [0.1, 0.15) is 36.0 Å². The van der Waals surface area contributed by atoms with Gasteiger partial charge in [-0.3, -0.25) is 5.32 Å². The lowest BCUT2D eigenvalue weighted by Gasteiger charge is -2.19. The Morgan fingerprint density at radius 2 is 1.67 bits per heavy atom. The Morgan fingerprint density at radius 1 is 1.07 bits per heavy atom. The smallest absolute Gasteiger partial charge is 0.416 e. The van der Waals surface area contributed by atoms with Gasteiger partial charge in [-0.2, -0.15) is 13.2 Å². The summed E-state index contributed by atoms with van der Waals surface area (Å²) in [6.07, 6.45) is -5.20. The highest BCUT2D eigenvalue weighted by Crippen LogP contribution is 2.37. The first-order valence-corrected chi connectivity index (χ1v) is 8.62. The second-order valence-electron chi connectivity index (χ2n) is 6.55. The summed E-state index contributed by atoms with van der Waals surface area (Å²) in [5.41, 5.74) is -0.878. The van der Waals surface area contributed by atoms with Crippen LogP contribution in [-0.2, 0) is 15.7 Å². The Hall–Kier alpha value is -2.55. The molecular formula is C18H18F3NO4S. The van der Waals surface area contributed by atoms with Crippen LogP contribution in [0.3, 0.4) is 0 Å². The van der Waals surface area contributed by atoms with E-state index in [0.29, 0.717) is 10.4 Å². The molecule has 0 aliphatic heterocycles. The molecule has 1 aromatic carbocycles. The summed E-state index contributed by atoms with van der Waals surface area (Å²) in [4.78, 5) is 24.6. The Morgan fingerprint density at radius 3 is 2.15 bits per heavy atom. The number of benzene rings is 1. The van der Waals surface area contributed by atoms with Crippen molar-refractivity contribution in [1.29, 1.82) is 0 Å². The summed E-state index contributed by atoms with van der Waals surface area (Å²) < 4.78 is 48.0. The standard InChI is InChI=1S/C18H18F3NO4S/c1-17(2,3)26-16(24)22-12-9-13(27-14(12)15(23)25-4)10-5-7-11(8-6-10)18(19,20)21/h5-9H,1-4H3,(H,22,24). The Bertz CT molecular complexity index is 836. The first-order valence-electron chi connectivity index (χ1n) is 7.80. The van der Waals surface area contributed by atoms with Crippen LogP contribution in [0.5, 0.6) is 0 Å². The molecule has 0 saturated carbocycles. The first-order chi connectivity index (χ1) is 12.4. The summed E-state index contributed by atoms with van der Waals surface area (Å²) in [5.74, 6) is -0.677. The van der Waals surface area contributed by atoms with Gasteiger partial charge in [0.2, 0.25) is 0 Å². The second-order valence-corrected chi connectivity index (χ2v) is 7.60. The third-order valence-corrected chi connectivity index (χ3v) is 4.40. The van der Waals surface area contributed by atoms with Crippen molar-refractivity contribution >= 4 is 29.1 Å². The third-order valence-electron chi connectivity index (χ3n) is 3.24. The second kappa shape index (κ2) is 7.59. The van der Waals surface area contributed by atoms with Crippen molar-refractivity contribution in [1.82, 2.24) is 0 Å². The number of hydrogen-bond acceptors (Lipinski definition) is 5. The Kier molecular flexibility index (Phi) is 5.84. The van der Waals surface area contributed by atoms with Crippen molar-refractivity contribution < 1.29 is 32.2 Å². The summed E-state index contributed by atoms with van der Waals surface area (Å²) >= 11 is 0.993. The molecule has 1 N–H and O–H groups in total. The van der Waals surface area contributed by atoms with Crippen molar-refractivity contribution in [2.75, 3.05) is 12.4 Å². The number of esters is 1. The number of alkyl halides is 3. The summed E-state index contributed by atoms with van der Waals surface area (Å²) in [6, 6.07) is 5.99. The van der Waals surface area contributed by atoms with Crippen LogP contribution in [-0.4, -0.2) is 24.8 Å². The van der Waals surface area contributed by atoms with Gasteiger partial charge in [0.15, 0.2) is 0 Å². The van der Waals surface area contributed by atoms with Gasteiger partial charge in [0, 0.05) is 4.88 Å². The SMILES string of the molecule is COC(=O)c1sc(-c2ccc(C(F)(F)F)cc2)cc1NC(=O)OC(C)(C)C. The molecule has 1 amide bonds. The highest BCUT2D eigenvalue weighted by atomic mass is 32.1. The fraction of sp³-hybridized carbons (Fsp3) is 0.333. The molecule has 2 rings (SSSR count). The number of methoxy groups -OCH3 is 1. The number of halogens is 3. The fourth-order valence-electron chi connectivity index (χ4n) is 2.11. The lowest BCUT2D eigenvalue weighted by Crippen LogP contribution is -2.27. The van der Waals surface area contributed by atoms with Crippen LogP contribution in [0.25, 0.3) is 10.4 Å². The van der Waals surface area contributed by atoms with Gasteiger partial charge in [-0.15, -0.1) is 11.3 Å². The van der Waals surface area contributed by atoms with Gasteiger partial charge in [-0.25, -0.2) is 9.59 Å². The molecule has 0 unspecified atom stereocenters. The molecule has 0 saturated heterocycles.